The highest BCUT2D eigenvalue weighted by Gasteiger charge is 2.31. The highest BCUT2D eigenvalue weighted by atomic mass is 79.9. The molecule has 5 heteroatoms. The molecule has 1 N–H and O–H groups in total. The average molecular weight is 364 g/mol. The molecular formula is C16H21BrF3N. The molecule has 0 radical (unpaired) electrons. The van der Waals surface area contributed by atoms with E-state index in [4.69, 9.17) is 0 Å². The second kappa shape index (κ2) is 6.19. The number of hydrogen-bond donors (Lipinski definition) is 1. The van der Waals surface area contributed by atoms with Crippen LogP contribution < -0.4 is 5.32 Å². The van der Waals surface area contributed by atoms with Crippen LogP contribution in [0, 0.1) is 5.41 Å². The first-order valence-corrected chi connectivity index (χ1v) is 8.10. The van der Waals surface area contributed by atoms with E-state index in [1.54, 1.807) is 0 Å². The van der Waals surface area contributed by atoms with Crippen LogP contribution in [-0.2, 0) is 6.18 Å². The van der Waals surface area contributed by atoms with Gasteiger partial charge < -0.3 is 5.32 Å². The number of hydrogen-bond acceptors (Lipinski definition) is 1. The molecule has 0 bridgehead atoms. The van der Waals surface area contributed by atoms with Gasteiger partial charge in [0.05, 0.1) is 5.56 Å². The maximum Gasteiger partial charge on any atom is 0.416 e. The number of nitrogens with one attached hydrogen (secondary N) is 1. The van der Waals surface area contributed by atoms with Crippen LogP contribution in [0.3, 0.4) is 0 Å². The van der Waals surface area contributed by atoms with E-state index in [1.165, 1.54) is 18.6 Å². The van der Waals surface area contributed by atoms with E-state index in [2.05, 4.69) is 35.1 Å². The number of anilines is 1. The van der Waals surface area contributed by atoms with E-state index in [-0.39, 0.29) is 6.04 Å². The van der Waals surface area contributed by atoms with E-state index in [0.717, 1.165) is 31.7 Å². The predicted octanol–water partition coefficient (Wildman–Crippen LogP) is 6.24. The molecule has 0 aliphatic heterocycles. The lowest BCUT2D eigenvalue weighted by Gasteiger charge is -2.23. The molecule has 1 aromatic carbocycles. The van der Waals surface area contributed by atoms with Gasteiger partial charge in [-0.1, -0.05) is 20.3 Å². The van der Waals surface area contributed by atoms with Crippen molar-refractivity contribution in [2.24, 2.45) is 5.41 Å². The first kappa shape index (κ1) is 16.7. The molecule has 1 aliphatic carbocycles. The van der Waals surface area contributed by atoms with Gasteiger partial charge >= 0.3 is 6.18 Å². The highest BCUT2D eigenvalue weighted by molar-refractivity contribution is 9.10. The zero-order chi connectivity index (χ0) is 15.7. The zero-order valence-electron chi connectivity index (χ0n) is 12.4. The maximum absolute atomic E-state index is 12.8. The Balaban J connectivity index is 2.12. The van der Waals surface area contributed by atoms with Crippen LogP contribution in [0.25, 0.3) is 0 Å². The molecule has 0 heterocycles. The Hall–Kier alpha value is -0.710. The van der Waals surface area contributed by atoms with E-state index >= 15 is 0 Å². The monoisotopic (exact) mass is 363 g/mol. The van der Waals surface area contributed by atoms with Crippen LogP contribution >= 0.6 is 15.9 Å². The van der Waals surface area contributed by atoms with Crippen molar-refractivity contribution in [1.29, 1.82) is 0 Å². The van der Waals surface area contributed by atoms with Crippen molar-refractivity contribution in [2.45, 2.75) is 58.2 Å². The maximum atomic E-state index is 12.8. The van der Waals surface area contributed by atoms with Crippen molar-refractivity contribution < 1.29 is 13.2 Å². The minimum atomic E-state index is -4.30. The number of benzene rings is 1. The smallest absolute Gasteiger partial charge is 0.381 e. The van der Waals surface area contributed by atoms with Crippen molar-refractivity contribution in [1.82, 2.24) is 0 Å². The van der Waals surface area contributed by atoms with Gasteiger partial charge in [0, 0.05) is 16.2 Å². The number of rotatable bonds is 2. The molecule has 0 spiro atoms. The van der Waals surface area contributed by atoms with Crippen LogP contribution in [0.2, 0.25) is 0 Å². The predicted molar refractivity (Wildman–Crippen MR) is 83.4 cm³/mol. The summed E-state index contributed by atoms with van der Waals surface area (Å²) in [6.45, 7) is 4.52. The third-order valence-corrected chi connectivity index (χ3v) is 4.92. The molecule has 0 amide bonds. The van der Waals surface area contributed by atoms with Gasteiger partial charge in [-0.2, -0.15) is 13.2 Å². The molecule has 1 saturated carbocycles. The van der Waals surface area contributed by atoms with Gasteiger partial charge in [0.25, 0.3) is 0 Å². The molecule has 0 aromatic heterocycles. The summed E-state index contributed by atoms with van der Waals surface area (Å²) in [6, 6.07) is 4.00. The van der Waals surface area contributed by atoms with Gasteiger partial charge in [-0.05, 0) is 65.2 Å². The summed E-state index contributed by atoms with van der Waals surface area (Å²) in [6.07, 6.45) is 1.09. The number of halogens is 4. The third-order valence-electron chi connectivity index (χ3n) is 4.23. The standard InChI is InChI=1S/C16H21BrF3N/c1-15(2)8-3-4-12(7-9-15)21-14-10-11(16(18,19)20)5-6-13(14)17/h5-6,10,12,21H,3-4,7-9H2,1-2H3. The molecule has 118 valence electrons. The van der Waals surface area contributed by atoms with E-state index in [1.807, 2.05) is 0 Å². The Labute approximate surface area is 132 Å². The van der Waals surface area contributed by atoms with Crippen molar-refractivity contribution in [2.75, 3.05) is 5.32 Å². The molecule has 1 unspecified atom stereocenters. The van der Waals surface area contributed by atoms with Crippen LogP contribution in [0.1, 0.15) is 51.5 Å². The number of alkyl halides is 3. The summed E-state index contributed by atoms with van der Waals surface area (Å²) in [7, 11) is 0. The van der Waals surface area contributed by atoms with Crippen molar-refractivity contribution >= 4 is 21.6 Å². The Bertz CT molecular complexity index is 497. The fraction of sp³-hybridized carbons (Fsp3) is 0.625. The van der Waals surface area contributed by atoms with Gasteiger partial charge in [-0.25, -0.2) is 0 Å². The normalized spacial score (nSPS) is 22.7. The lowest BCUT2D eigenvalue weighted by atomic mass is 9.85. The van der Waals surface area contributed by atoms with E-state index in [9.17, 15) is 13.2 Å². The Morgan fingerprint density at radius 3 is 2.57 bits per heavy atom. The van der Waals surface area contributed by atoms with Crippen molar-refractivity contribution in [3.8, 4) is 0 Å². The van der Waals surface area contributed by atoms with E-state index < -0.39 is 11.7 Å². The molecule has 0 saturated heterocycles. The topological polar surface area (TPSA) is 12.0 Å². The minimum Gasteiger partial charge on any atom is -0.381 e. The summed E-state index contributed by atoms with van der Waals surface area (Å²) in [5.41, 5.74) is 0.262. The minimum absolute atomic E-state index is 0.242. The second-order valence-corrected chi connectivity index (χ2v) is 7.48. The van der Waals surface area contributed by atoms with Crippen LogP contribution in [0.15, 0.2) is 22.7 Å². The summed E-state index contributed by atoms with van der Waals surface area (Å²) < 4.78 is 39.1. The second-order valence-electron chi connectivity index (χ2n) is 6.63. The molecule has 1 aromatic rings. The lowest BCUT2D eigenvalue weighted by molar-refractivity contribution is -0.137. The lowest BCUT2D eigenvalue weighted by Crippen LogP contribution is -2.20. The molecule has 2 rings (SSSR count). The van der Waals surface area contributed by atoms with Gasteiger partial charge in [0.1, 0.15) is 0 Å². The van der Waals surface area contributed by atoms with Gasteiger partial charge in [-0.15, -0.1) is 0 Å². The summed E-state index contributed by atoms with van der Waals surface area (Å²) in [5, 5.41) is 3.29. The largest absolute Gasteiger partial charge is 0.416 e. The first-order chi connectivity index (χ1) is 9.67. The highest BCUT2D eigenvalue weighted by Crippen LogP contribution is 2.37. The SMILES string of the molecule is CC1(C)CCCC(Nc2cc(C(F)(F)F)ccc2Br)CC1. The third kappa shape index (κ3) is 4.63. The van der Waals surface area contributed by atoms with Crippen molar-refractivity contribution in [3.05, 3.63) is 28.2 Å². The Kier molecular flexibility index (Phi) is 4.91. The fourth-order valence-electron chi connectivity index (χ4n) is 2.84. The van der Waals surface area contributed by atoms with E-state index in [0.29, 0.717) is 15.6 Å². The zero-order valence-corrected chi connectivity index (χ0v) is 13.9. The molecule has 1 atom stereocenters. The summed E-state index contributed by atoms with van der Waals surface area (Å²) in [5.74, 6) is 0. The van der Waals surface area contributed by atoms with Gasteiger partial charge in [-0.3, -0.25) is 0 Å². The van der Waals surface area contributed by atoms with Gasteiger partial charge in [0.15, 0.2) is 0 Å². The van der Waals surface area contributed by atoms with Crippen LogP contribution in [0.5, 0.6) is 0 Å². The Morgan fingerprint density at radius 2 is 1.90 bits per heavy atom. The summed E-state index contributed by atoms with van der Waals surface area (Å²) >= 11 is 3.34. The molecule has 1 nitrogen and oxygen atoms in total. The summed E-state index contributed by atoms with van der Waals surface area (Å²) in [4.78, 5) is 0. The molecular weight excluding hydrogens is 343 g/mol. The first-order valence-electron chi connectivity index (χ1n) is 7.31. The van der Waals surface area contributed by atoms with Gasteiger partial charge in [0.2, 0.25) is 0 Å². The van der Waals surface area contributed by atoms with Crippen molar-refractivity contribution in [3.63, 3.8) is 0 Å². The average Bonchev–Trinajstić information content (AvgIpc) is 2.52. The quantitative estimate of drug-likeness (QED) is 0.613. The Morgan fingerprint density at radius 1 is 1.19 bits per heavy atom. The fourth-order valence-corrected chi connectivity index (χ4v) is 3.20. The van der Waals surface area contributed by atoms with Crippen LogP contribution in [-0.4, -0.2) is 6.04 Å². The molecule has 21 heavy (non-hydrogen) atoms. The van der Waals surface area contributed by atoms with Crippen LogP contribution in [0.4, 0.5) is 18.9 Å². The molecule has 1 fully saturated rings. The molecule has 1 aliphatic rings.